The minimum Gasteiger partial charge on any atom is -0.480 e. The van der Waals surface area contributed by atoms with Gasteiger partial charge in [0.1, 0.15) is 5.82 Å². The number of pyridine rings is 1. The number of hydrogen-bond acceptors (Lipinski definition) is 6. The van der Waals surface area contributed by atoms with Crippen LogP contribution < -0.4 is 21.6 Å². The lowest BCUT2D eigenvalue weighted by Gasteiger charge is -2.09. The van der Waals surface area contributed by atoms with Crippen LogP contribution in [0.1, 0.15) is 5.56 Å². The van der Waals surface area contributed by atoms with Crippen LogP contribution in [-0.2, 0) is 6.54 Å². The summed E-state index contributed by atoms with van der Waals surface area (Å²) in [4.78, 5) is 15.7. The fourth-order valence-electron chi connectivity index (χ4n) is 1.51. The summed E-state index contributed by atoms with van der Waals surface area (Å²) < 4.78 is 6.27. The van der Waals surface area contributed by atoms with Gasteiger partial charge in [0.15, 0.2) is 0 Å². The standard InChI is InChI=1S/C11H13N5O2/c1-18-9-4-5-10(17)16(15-9)7-8-3-2-6-13-11(8)14-12/h2-6H,7,12H2,1H3,(H,13,14). The van der Waals surface area contributed by atoms with Gasteiger partial charge in [-0.3, -0.25) is 4.79 Å². The maximum Gasteiger partial charge on any atom is 0.267 e. The maximum atomic E-state index is 11.7. The number of ether oxygens (including phenoxy) is 1. The normalized spacial score (nSPS) is 10.1. The van der Waals surface area contributed by atoms with Crippen molar-refractivity contribution < 1.29 is 4.74 Å². The van der Waals surface area contributed by atoms with Crippen LogP contribution in [0.15, 0.2) is 35.3 Å². The molecule has 94 valence electrons. The highest BCUT2D eigenvalue weighted by molar-refractivity contribution is 5.42. The molecule has 2 aromatic heterocycles. The number of rotatable bonds is 4. The van der Waals surface area contributed by atoms with Crippen LogP contribution in [0, 0.1) is 0 Å². The number of hydrogen-bond donors (Lipinski definition) is 2. The number of hydrazine groups is 1. The van der Waals surface area contributed by atoms with Crippen LogP contribution in [0.5, 0.6) is 5.88 Å². The molecule has 0 bridgehead atoms. The van der Waals surface area contributed by atoms with Crippen molar-refractivity contribution in [1.82, 2.24) is 14.8 Å². The van der Waals surface area contributed by atoms with E-state index in [0.717, 1.165) is 5.56 Å². The van der Waals surface area contributed by atoms with E-state index in [0.29, 0.717) is 11.7 Å². The molecule has 7 heteroatoms. The summed E-state index contributed by atoms with van der Waals surface area (Å²) >= 11 is 0. The van der Waals surface area contributed by atoms with Crippen molar-refractivity contribution in [3.05, 3.63) is 46.4 Å². The van der Waals surface area contributed by atoms with E-state index in [-0.39, 0.29) is 12.1 Å². The van der Waals surface area contributed by atoms with Crippen LogP contribution in [0.2, 0.25) is 0 Å². The first-order chi connectivity index (χ1) is 8.74. The van der Waals surface area contributed by atoms with Crippen molar-refractivity contribution in [2.45, 2.75) is 6.54 Å². The highest BCUT2D eigenvalue weighted by atomic mass is 16.5. The first-order valence-electron chi connectivity index (χ1n) is 5.27. The molecular formula is C11H13N5O2. The van der Waals surface area contributed by atoms with E-state index in [1.165, 1.54) is 23.9 Å². The summed E-state index contributed by atoms with van der Waals surface area (Å²) in [6.45, 7) is 0.267. The number of methoxy groups -OCH3 is 1. The van der Waals surface area contributed by atoms with Gasteiger partial charge >= 0.3 is 0 Å². The Bertz CT molecular complexity index is 596. The number of nitrogens with zero attached hydrogens (tertiary/aromatic N) is 3. The van der Waals surface area contributed by atoms with Crippen molar-refractivity contribution in [3.8, 4) is 5.88 Å². The molecule has 0 aromatic carbocycles. The van der Waals surface area contributed by atoms with E-state index in [2.05, 4.69) is 15.5 Å². The highest BCUT2D eigenvalue weighted by Gasteiger charge is 2.06. The van der Waals surface area contributed by atoms with Crippen molar-refractivity contribution >= 4 is 5.82 Å². The van der Waals surface area contributed by atoms with Crippen molar-refractivity contribution in [2.24, 2.45) is 5.84 Å². The molecule has 0 saturated heterocycles. The second-order valence-corrected chi connectivity index (χ2v) is 3.53. The molecule has 0 aliphatic carbocycles. The molecule has 0 amide bonds. The minimum atomic E-state index is -0.220. The number of nitrogens with one attached hydrogen (secondary N) is 1. The Morgan fingerprint density at radius 2 is 2.28 bits per heavy atom. The molecule has 18 heavy (non-hydrogen) atoms. The lowest BCUT2D eigenvalue weighted by molar-refractivity contribution is 0.379. The fourth-order valence-corrected chi connectivity index (χ4v) is 1.51. The second kappa shape index (κ2) is 5.28. The van der Waals surface area contributed by atoms with Gasteiger partial charge in [-0.15, -0.1) is 5.10 Å². The van der Waals surface area contributed by atoms with Gasteiger partial charge in [0, 0.05) is 23.9 Å². The van der Waals surface area contributed by atoms with Gasteiger partial charge in [-0.05, 0) is 6.07 Å². The average Bonchev–Trinajstić information content (AvgIpc) is 2.42. The molecule has 0 saturated carbocycles. The summed E-state index contributed by atoms with van der Waals surface area (Å²) in [6.07, 6.45) is 1.61. The molecule has 2 aromatic rings. The predicted molar refractivity (Wildman–Crippen MR) is 66.2 cm³/mol. The average molecular weight is 247 g/mol. The minimum absolute atomic E-state index is 0.220. The van der Waals surface area contributed by atoms with Crippen LogP contribution in [-0.4, -0.2) is 21.9 Å². The summed E-state index contributed by atoms with van der Waals surface area (Å²) in [5, 5.41) is 4.05. The van der Waals surface area contributed by atoms with Crippen molar-refractivity contribution in [3.63, 3.8) is 0 Å². The molecule has 2 heterocycles. The number of aromatic nitrogens is 3. The van der Waals surface area contributed by atoms with Crippen LogP contribution in [0.4, 0.5) is 5.82 Å². The third kappa shape index (κ3) is 2.46. The van der Waals surface area contributed by atoms with Crippen LogP contribution in [0.3, 0.4) is 0 Å². The first kappa shape index (κ1) is 12.1. The lowest BCUT2D eigenvalue weighted by Crippen LogP contribution is -2.23. The molecule has 0 aliphatic rings. The van der Waals surface area contributed by atoms with Crippen LogP contribution >= 0.6 is 0 Å². The van der Waals surface area contributed by atoms with Gasteiger partial charge in [0.2, 0.25) is 5.88 Å². The second-order valence-electron chi connectivity index (χ2n) is 3.53. The SMILES string of the molecule is COc1ccc(=O)n(Cc2cccnc2NN)n1. The third-order valence-corrected chi connectivity index (χ3v) is 2.40. The molecule has 3 N–H and O–H groups in total. The zero-order valence-corrected chi connectivity index (χ0v) is 9.83. The molecular weight excluding hydrogens is 234 g/mol. The Hall–Kier alpha value is -2.41. The lowest BCUT2D eigenvalue weighted by atomic mass is 10.2. The molecule has 0 atom stereocenters. The molecule has 7 nitrogen and oxygen atoms in total. The molecule has 0 spiro atoms. The summed E-state index contributed by atoms with van der Waals surface area (Å²) in [6, 6.07) is 6.50. The van der Waals surface area contributed by atoms with E-state index in [4.69, 9.17) is 10.6 Å². The molecule has 0 aliphatic heterocycles. The zero-order valence-electron chi connectivity index (χ0n) is 9.83. The molecule has 0 fully saturated rings. The summed E-state index contributed by atoms with van der Waals surface area (Å²) in [7, 11) is 1.49. The zero-order chi connectivity index (χ0) is 13.0. The molecule has 2 rings (SSSR count). The fraction of sp³-hybridized carbons (Fsp3) is 0.182. The molecule has 0 unspecified atom stereocenters. The Morgan fingerprint density at radius 1 is 1.44 bits per heavy atom. The van der Waals surface area contributed by atoms with Crippen LogP contribution in [0.25, 0.3) is 0 Å². The number of nitrogen functional groups attached to an aromatic ring is 1. The topological polar surface area (TPSA) is 95.1 Å². The Balaban J connectivity index is 2.36. The van der Waals surface area contributed by atoms with E-state index >= 15 is 0 Å². The van der Waals surface area contributed by atoms with E-state index in [1.54, 1.807) is 12.3 Å². The largest absolute Gasteiger partial charge is 0.480 e. The predicted octanol–water partition coefficient (Wildman–Crippen LogP) is -0.0192. The highest BCUT2D eigenvalue weighted by Crippen LogP contribution is 2.11. The summed E-state index contributed by atoms with van der Waals surface area (Å²) in [5.41, 5.74) is 3.03. The van der Waals surface area contributed by atoms with Crippen molar-refractivity contribution in [2.75, 3.05) is 12.5 Å². The van der Waals surface area contributed by atoms with Gasteiger partial charge < -0.3 is 10.2 Å². The van der Waals surface area contributed by atoms with Gasteiger partial charge in [-0.25, -0.2) is 15.5 Å². The Morgan fingerprint density at radius 3 is 3.00 bits per heavy atom. The van der Waals surface area contributed by atoms with Gasteiger partial charge in [0.05, 0.1) is 13.7 Å². The third-order valence-electron chi connectivity index (χ3n) is 2.40. The molecule has 0 radical (unpaired) electrons. The monoisotopic (exact) mass is 247 g/mol. The van der Waals surface area contributed by atoms with Gasteiger partial charge in [-0.1, -0.05) is 6.07 Å². The Kier molecular flexibility index (Phi) is 3.54. The number of nitrogens with two attached hydrogens (primary N) is 1. The van der Waals surface area contributed by atoms with Gasteiger partial charge in [0.25, 0.3) is 5.56 Å². The quantitative estimate of drug-likeness (QED) is 0.582. The van der Waals surface area contributed by atoms with E-state index in [1.807, 2.05) is 6.07 Å². The summed E-state index contributed by atoms with van der Waals surface area (Å²) in [5.74, 6) is 6.24. The van der Waals surface area contributed by atoms with Crippen molar-refractivity contribution in [1.29, 1.82) is 0 Å². The maximum absolute atomic E-state index is 11.7. The van der Waals surface area contributed by atoms with E-state index in [9.17, 15) is 4.79 Å². The smallest absolute Gasteiger partial charge is 0.267 e. The first-order valence-corrected chi connectivity index (χ1v) is 5.27. The number of anilines is 1. The van der Waals surface area contributed by atoms with Gasteiger partial charge in [-0.2, -0.15) is 0 Å². The van der Waals surface area contributed by atoms with E-state index < -0.39 is 0 Å². The Labute approximate surface area is 103 Å².